The third-order valence-corrected chi connectivity index (χ3v) is 2.74. The lowest BCUT2D eigenvalue weighted by atomic mass is 10.0. The zero-order chi connectivity index (χ0) is 12.0. The van der Waals surface area contributed by atoms with Gasteiger partial charge in [0.2, 0.25) is 0 Å². The second-order valence-electron chi connectivity index (χ2n) is 3.88. The molecule has 0 fully saturated rings. The summed E-state index contributed by atoms with van der Waals surface area (Å²) < 4.78 is 7.35. The Balaban J connectivity index is 2.84. The summed E-state index contributed by atoms with van der Waals surface area (Å²) in [7, 11) is 3.67. The van der Waals surface area contributed by atoms with Crippen LogP contribution in [0.3, 0.4) is 0 Å². The Labute approximate surface area is 97.2 Å². The summed E-state index contributed by atoms with van der Waals surface area (Å²) in [6.07, 6.45) is 4.10. The maximum Gasteiger partial charge on any atom is 0.0781 e. The van der Waals surface area contributed by atoms with Gasteiger partial charge >= 0.3 is 0 Å². The van der Waals surface area contributed by atoms with E-state index in [1.54, 1.807) is 18.0 Å². The highest BCUT2D eigenvalue weighted by molar-refractivity contribution is 5.04. The number of nitrogens with one attached hydrogen (secondary N) is 1. The summed E-state index contributed by atoms with van der Waals surface area (Å²) in [5.41, 5.74) is 1.07. The molecule has 0 aliphatic heterocycles. The van der Waals surface area contributed by atoms with Crippen molar-refractivity contribution in [3.05, 3.63) is 11.9 Å². The quantitative estimate of drug-likeness (QED) is 0.761. The Hall–Kier alpha value is -0.940. The zero-order valence-electron chi connectivity index (χ0n) is 10.6. The van der Waals surface area contributed by atoms with Crippen molar-refractivity contribution in [3.8, 4) is 0 Å². The first-order chi connectivity index (χ1) is 7.74. The van der Waals surface area contributed by atoms with Gasteiger partial charge in [0, 0.05) is 14.2 Å². The largest absolute Gasteiger partial charge is 0.379 e. The first-order valence-corrected chi connectivity index (χ1v) is 5.85. The van der Waals surface area contributed by atoms with E-state index < -0.39 is 0 Å². The minimum Gasteiger partial charge on any atom is -0.379 e. The third kappa shape index (κ3) is 3.02. The van der Waals surface area contributed by atoms with Gasteiger partial charge in [-0.1, -0.05) is 25.5 Å². The highest BCUT2D eigenvalue weighted by atomic mass is 16.5. The second-order valence-corrected chi connectivity index (χ2v) is 3.88. The van der Waals surface area contributed by atoms with E-state index in [-0.39, 0.29) is 12.1 Å². The molecule has 1 rings (SSSR count). The van der Waals surface area contributed by atoms with E-state index in [0.717, 1.165) is 25.1 Å². The summed E-state index contributed by atoms with van der Waals surface area (Å²) in [5.74, 6) is 0. The molecule has 0 radical (unpaired) electrons. The standard InChI is InChI=1S/C11H22N4O/c1-5-7-10(16-4)11(12-6-2)9-8-13-14-15(9)3/h8,10-12H,5-7H2,1-4H3. The van der Waals surface area contributed by atoms with Crippen LogP contribution in [0.2, 0.25) is 0 Å². The molecule has 1 aromatic heterocycles. The van der Waals surface area contributed by atoms with Gasteiger partial charge in [0.25, 0.3) is 0 Å². The van der Waals surface area contributed by atoms with Gasteiger partial charge in [-0.3, -0.25) is 4.68 Å². The number of methoxy groups -OCH3 is 1. The van der Waals surface area contributed by atoms with Crippen LogP contribution < -0.4 is 5.32 Å². The zero-order valence-corrected chi connectivity index (χ0v) is 10.6. The van der Waals surface area contributed by atoms with Crippen LogP contribution in [0.25, 0.3) is 0 Å². The fourth-order valence-corrected chi connectivity index (χ4v) is 1.93. The van der Waals surface area contributed by atoms with Crippen LogP contribution in [0.4, 0.5) is 0 Å². The molecular weight excluding hydrogens is 204 g/mol. The Kier molecular flexibility index (Phi) is 5.42. The van der Waals surface area contributed by atoms with Crippen LogP contribution in [-0.2, 0) is 11.8 Å². The summed E-state index contributed by atoms with van der Waals surface area (Å²) in [4.78, 5) is 0. The van der Waals surface area contributed by atoms with Crippen molar-refractivity contribution in [2.75, 3.05) is 13.7 Å². The average Bonchev–Trinajstić information content (AvgIpc) is 2.69. The van der Waals surface area contributed by atoms with Crippen LogP contribution in [0.5, 0.6) is 0 Å². The van der Waals surface area contributed by atoms with Crippen LogP contribution in [0.15, 0.2) is 6.20 Å². The number of aromatic nitrogens is 3. The van der Waals surface area contributed by atoms with Gasteiger partial charge in [0.1, 0.15) is 0 Å². The van der Waals surface area contributed by atoms with E-state index in [4.69, 9.17) is 4.74 Å². The van der Waals surface area contributed by atoms with E-state index in [0.29, 0.717) is 0 Å². The Morgan fingerprint density at radius 3 is 2.69 bits per heavy atom. The molecule has 5 nitrogen and oxygen atoms in total. The number of hydrogen-bond acceptors (Lipinski definition) is 4. The summed E-state index contributed by atoms with van der Waals surface area (Å²) in [5, 5.41) is 11.3. The molecule has 92 valence electrons. The molecule has 0 amide bonds. The monoisotopic (exact) mass is 226 g/mol. The van der Waals surface area contributed by atoms with Crippen LogP contribution in [-0.4, -0.2) is 34.8 Å². The van der Waals surface area contributed by atoms with Crippen LogP contribution in [0, 0.1) is 0 Å². The lowest BCUT2D eigenvalue weighted by Gasteiger charge is -2.26. The molecular formula is C11H22N4O. The molecule has 0 aliphatic carbocycles. The Morgan fingerprint density at radius 1 is 1.50 bits per heavy atom. The Morgan fingerprint density at radius 2 is 2.25 bits per heavy atom. The topological polar surface area (TPSA) is 52.0 Å². The minimum absolute atomic E-state index is 0.162. The third-order valence-electron chi connectivity index (χ3n) is 2.74. The van der Waals surface area contributed by atoms with Gasteiger partial charge in [-0.2, -0.15) is 0 Å². The highest BCUT2D eigenvalue weighted by Crippen LogP contribution is 2.20. The van der Waals surface area contributed by atoms with E-state index in [9.17, 15) is 0 Å². The number of hydrogen-bond donors (Lipinski definition) is 1. The first-order valence-electron chi connectivity index (χ1n) is 5.85. The molecule has 0 saturated heterocycles. The second kappa shape index (κ2) is 6.60. The van der Waals surface area contributed by atoms with Gasteiger partial charge in [-0.05, 0) is 13.0 Å². The molecule has 1 N–H and O–H groups in total. The predicted octanol–water partition coefficient (Wildman–Crippen LogP) is 1.28. The maximum absolute atomic E-state index is 5.55. The molecule has 2 atom stereocenters. The lowest BCUT2D eigenvalue weighted by molar-refractivity contribution is 0.0586. The van der Waals surface area contributed by atoms with Gasteiger partial charge in [0.05, 0.1) is 24.0 Å². The average molecular weight is 226 g/mol. The molecule has 0 spiro atoms. The van der Waals surface area contributed by atoms with Gasteiger partial charge < -0.3 is 10.1 Å². The summed E-state index contributed by atoms with van der Waals surface area (Å²) >= 11 is 0. The van der Waals surface area contributed by atoms with Gasteiger partial charge in [-0.15, -0.1) is 5.10 Å². The van der Waals surface area contributed by atoms with E-state index in [1.807, 2.05) is 7.05 Å². The van der Waals surface area contributed by atoms with Crippen molar-refractivity contribution in [2.45, 2.75) is 38.8 Å². The first kappa shape index (κ1) is 13.1. The van der Waals surface area contributed by atoms with Crippen molar-refractivity contribution in [1.82, 2.24) is 20.3 Å². The number of likely N-dealkylation sites (N-methyl/N-ethyl adjacent to an activating group) is 1. The molecule has 1 aromatic rings. The molecule has 2 unspecified atom stereocenters. The Bertz CT molecular complexity index is 300. The number of rotatable bonds is 7. The number of ether oxygens (including phenoxy) is 1. The van der Waals surface area contributed by atoms with Crippen molar-refractivity contribution >= 4 is 0 Å². The molecule has 5 heteroatoms. The van der Waals surface area contributed by atoms with Gasteiger partial charge in [-0.25, -0.2) is 0 Å². The molecule has 16 heavy (non-hydrogen) atoms. The van der Waals surface area contributed by atoms with Crippen molar-refractivity contribution in [1.29, 1.82) is 0 Å². The highest BCUT2D eigenvalue weighted by Gasteiger charge is 2.24. The fraction of sp³-hybridized carbons (Fsp3) is 0.818. The van der Waals surface area contributed by atoms with E-state index >= 15 is 0 Å². The van der Waals surface area contributed by atoms with Gasteiger partial charge in [0.15, 0.2) is 0 Å². The molecule has 0 aliphatic rings. The lowest BCUT2D eigenvalue weighted by Crippen LogP contribution is -2.34. The fourth-order valence-electron chi connectivity index (χ4n) is 1.93. The van der Waals surface area contributed by atoms with Crippen LogP contribution in [0.1, 0.15) is 38.4 Å². The normalized spacial score (nSPS) is 15.0. The maximum atomic E-state index is 5.55. The summed E-state index contributed by atoms with van der Waals surface area (Å²) in [6, 6.07) is 0.162. The summed E-state index contributed by atoms with van der Waals surface area (Å²) in [6.45, 7) is 5.16. The molecule has 0 aromatic carbocycles. The van der Waals surface area contributed by atoms with Crippen molar-refractivity contribution in [3.63, 3.8) is 0 Å². The minimum atomic E-state index is 0.162. The van der Waals surface area contributed by atoms with Crippen LogP contribution >= 0.6 is 0 Å². The van der Waals surface area contributed by atoms with Crippen molar-refractivity contribution < 1.29 is 4.74 Å². The SMILES string of the molecule is CCCC(OC)C(NCC)c1cnnn1C. The van der Waals surface area contributed by atoms with Crippen molar-refractivity contribution in [2.24, 2.45) is 7.05 Å². The molecule has 0 saturated carbocycles. The number of nitrogens with zero attached hydrogens (tertiary/aromatic N) is 3. The molecule has 0 bridgehead atoms. The molecule has 1 heterocycles. The smallest absolute Gasteiger partial charge is 0.0781 e. The number of aryl methyl sites for hydroxylation is 1. The van der Waals surface area contributed by atoms with E-state index in [2.05, 4.69) is 29.5 Å². The predicted molar refractivity (Wildman–Crippen MR) is 63.1 cm³/mol. The van der Waals surface area contributed by atoms with E-state index in [1.165, 1.54) is 0 Å².